The summed E-state index contributed by atoms with van der Waals surface area (Å²) in [6.07, 6.45) is 2.23. The summed E-state index contributed by atoms with van der Waals surface area (Å²) in [7, 11) is -3.85. The molecule has 1 N–H and O–H groups in total. The molecule has 1 atom stereocenters. The zero-order chi connectivity index (χ0) is 17.6. The van der Waals surface area contributed by atoms with E-state index < -0.39 is 36.6 Å². The van der Waals surface area contributed by atoms with Crippen LogP contribution >= 0.6 is 0 Å². The average molecular weight is 541 g/mol. The van der Waals surface area contributed by atoms with Gasteiger partial charge in [-0.1, -0.05) is 0 Å². The van der Waals surface area contributed by atoms with Gasteiger partial charge in [-0.05, 0) is 6.92 Å². The molecule has 0 radical (unpaired) electrons. The van der Waals surface area contributed by atoms with Crippen molar-refractivity contribution in [1.82, 2.24) is 0 Å². The van der Waals surface area contributed by atoms with E-state index >= 15 is 0 Å². The molecule has 0 saturated carbocycles. The van der Waals surface area contributed by atoms with Gasteiger partial charge in [0.05, 0.1) is 0 Å². The molecular formula is C19H24O3PoS. The molecule has 0 heterocycles. The molecule has 0 aliphatic carbocycles. The van der Waals surface area contributed by atoms with Crippen molar-refractivity contribution in [2.24, 2.45) is 0 Å². The van der Waals surface area contributed by atoms with Crippen LogP contribution in [0.1, 0.15) is 30.9 Å². The third-order valence-electron chi connectivity index (χ3n) is 3.93. The monoisotopic (exact) mass is 541 g/mol. The van der Waals surface area contributed by atoms with Gasteiger partial charge in [0, 0.05) is 0 Å². The first kappa shape index (κ1) is 19.6. The molecule has 0 spiro atoms. The normalized spacial score (nSPS) is 13.0. The van der Waals surface area contributed by atoms with E-state index in [2.05, 4.69) is 55.5 Å². The number of hydrogen-bond donors (Lipinski definition) is 1. The molecule has 0 amide bonds. The quantitative estimate of drug-likeness (QED) is 0.506. The molecule has 0 fully saturated rings. The Morgan fingerprint density at radius 2 is 1.54 bits per heavy atom. The molecule has 2 aromatic rings. The molecular weight excluding hydrogens is 517 g/mol. The Kier molecular flexibility index (Phi) is 7.41. The summed E-state index contributed by atoms with van der Waals surface area (Å²) >= 11 is -1.01. The fourth-order valence-electron chi connectivity index (χ4n) is 2.59. The molecule has 3 nitrogen and oxygen atoms in total. The molecule has 24 heavy (non-hydrogen) atoms. The minimum atomic E-state index is -3.85. The Morgan fingerprint density at radius 3 is 2.04 bits per heavy atom. The van der Waals surface area contributed by atoms with Crippen molar-refractivity contribution in [2.75, 3.05) is 0 Å². The zero-order valence-corrected chi connectivity index (χ0v) is 18.1. The summed E-state index contributed by atoms with van der Waals surface area (Å²) in [5.41, 5.74) is 4.85. The number of benzene rings is 2. The molecule has 5 heteroatoms. The first-order chi connectivity index (χ1) is 11.4. The van der Waals surface area contributed by atoms with Gasteiger partial charge in [-0.25, -0.2) is 0 Å². The topological polar surface area (TPSA) is 54.4 Å². The van der Waals surface area contributed by atoms with E-state index in [-0.39, 0.29) is 0 Å². The van der Waals surface area contributed by atoms with Crippen LogP contribution in [0.2, 0.25) is 4.08 Å². The first-order valence-corrected chi connectivity index (χ1v) is 13.7. The second-order valence-corrected chi connectivity index (χ2v) is 14.5. The van der Waals surface area contributed by atoms with Gasteiger partial charge < -0.3 is 0 Å². The van der Waals surface area contributed by atoms with Gasteiger partial charge in [0.1, 0.15) is 0 Å². The third kappa shape index (κ3) is 5.95. The van der Waals surface area contributed by atoms with Crippen molar-refractivity contribution in [1.29, 1.82) is 0 Å². The van der Waals surface area contributed by atoms with Crippen molar-refractivity contribution in [3.05, 3.63) is 59.7 Å². The summed E-state index contributed by atoms with van der Waals surface area (Å²) in [5, 5.41) is 0. The molecule has 0 aromatic heterocycles. The molecule has 2 rings (SSSR count). The van der Waals surface area contributed by atoms with Crippen LogP contribution in [0.4, 0.5) is 0 Å². The maximum atomic E-state index is 11.4. The van der Waals surface area contributed by atoms with Gasteiger partial charge in [-0.2, -0.15) is 0 Å². The molecule has 0 aliphatic rings. The molecule has 1 unspecified atom stereocenters. The predicted molar refractivity (Wildman–Crippen MR) is 101 cm³/mol. The number of hydrogen-bond acceptors (Lipinski definition) is 2. The molecule has 0 saturated heterocycles. The van der Waals surface area contributed by atoms with Crippen LogP contribution < -0.4 is 0 Å². The number of rotatable bonds is 8. The van der Waals surface area contributed by atoms with E-state index in [1.165, 1.54) is 22.3 Å². The van der Waals surface area contributed by atoms with E-state index in [1.807, 2.05) is 6.92 Å². The van der Waals surface area contributed by atoms with Crippen LogP contribution in [0, 0.1) is 6.92 Å². The fourth-order valence-corrected chi connectivity index (χ4v) is 9.16. The van der Waals surface area contributed by atoms with Gasteiger partial charge in [-0.3, -0.25) is 0 Å². The zero-order valence-electron chi connectivity index (χ0n) is 14.1. The summed E-state index contributed by atoms with van der Waals surface area (Å²) in [6.45, 7) is 4.08. The van der Waals surface area contributed by atoms with E-state index in [1.54, 1.807) is 0 Å². The maximum absolute atomic E-state index is 11.4. The van der Waals surface area contributed by atoms with Gasteiger partial charge in [-0.15, -0.1) is 0 Å². The minimum absolute atomic E-state index is 0.464. The van der Waals surface area contributed by atoms with Gasteiger partial charge >= 0.3 is 151 Å². The summed E-state index contributed by atoms with van der Waals surface area (Å²) < 4.78 is 32.5. The standard InChI is InChI=1S/C17H19O3S.C2H5.Po/c1-14-5-9-16(10-6-14)17-11-7-15(8-12-17)4-2-3-13-21(18,19)20;1-2;/h5-13H,2-4H2,1H3,(H,18,19,20);1H2,2H3;. The SMILES string of the molecule is C[CH2][Po][CH](CCCc1ccc(-c2ccc(C)cc2)cc1)S(=O)(=O)O. The molecule has 2 aromatic carbocycles. The van der Waals surface area contributed by atoms with Gasteiger partial charge in [0.2, 0.25) is 0 Å². The third-order valence-corrected chi connectivity index (χ3v) is 12.5. The predicted octanol–water partition coefficient (Wildman–Crippen LogP) is 4.34. The van der Waals surface area contributed by atoms with E-state index in [4.69, 9.17) is 0 Å². The second kappa shape index (κ2) is 9.09. The van der Waals surface area contributed by atoms with Crippen LogP contribution in [0.25, 0.3) is 11.1 Å². The summed E-state index contributed by atoms with van der Waals surface area (Å²) in [6, 6.07) is 16.9. The van der Waals surface area contributed by atoms with Crippen LogP contribution in [-0.4, -0.2) is 39.4 Å². The van der Waals surface area contributed by atoms with E-state index in [9.17, 15) is 13.0 Å². The molecule has 130 valence electrons. The Hall–Kier alpha value is -0.754. The Labute approximate surface area is 157 Å². The van der Waals surface area contributed by atoms with Gasteiger partial charge in [0.15, 0.2) is 0 Å². The van der Waals surface area contributed by atoms with Crippen LogP contribution in [-0.2, 0) is 16.5 Å². The average Bonchev–Trinajstić information content (AvgIpc) is 2.54. The van der Waals surface area contributed by atoms with Crippen LogP contribution in [0.5, 0.6) is 0 Å². The van der Waals surface area contributed by atoms with Crippen molar-refractivity contribution < 1.29 is 13.0 Å². The number of aryl methyl sites for hydroxylation is 2. The summed E-state index contributed by atoms with van der Waals surface area (Å²) in [5.74, 6) is 0. The van der Waals surface area contributed by atoms with Crippen molar-refractivity contribution >= 4 is 33.7 Å². The Balaban J connectivity index is 1.93. The van der Waals surface area contributed by atoms with Crippen molar-refractivity contribution in [2.45, 2.75) is 40.1 Å². The second-order valence-electron chi connectivity index (χ2n) is 5.86. The van der Waals surface area contributed by atoms with Crippen molar-refractivity contribution in [3.8, 4) is 11.1 Å². The fraction of sp³-hybridized carbons (Fsp3) is 0.368. The Bertz CT molecular complexity index is 737. The van der Waals surface area contributed by atoms with Gasteiger partial charge in [0.25, 0.3) is 0 Å². The summed E-state index contributed by atoms with van der Waals surface area (Å²) in [4.78, 5) is 0. The van der Waals surface area contributed by atoms with E-state index in [0.29, 0.717) is 6.42 Å². The first-order valence-electron chi connectivity index (χ1n) is 8.14. The molecule has 0 bridgehead atoms. The molecule has 0 aliphatic heterocycles. The van der Waals surface area contributed by atoms with Crippen LogP contribution in [0.15, 0.2) is 48.5 Å². The van der Waals surface area contributed by atoms with Crippen LogP contribution in [0.3, 0.4) is 0 Å². The Morgan fingerprint density at radius 1 is 1.00 bits per heavy atom. The van der Waals surface area contributed by atoms with E-state index in [0.717, 1.165) is 16.9 Å². The van der Waals surface area contributed by atoms with Crippen molar-refractivity contribution in [3.63, 3.8) is 0 Å².